The molecule has 0 saturated heterocycles. The Morgan fingerprint density at radius 2 is 1.81 bits per heavy atom. The second-order valence-corrected chi connectivity index (χ2v) is 7.25. The van der Waals surface area contributed by atoms with Gasteiger partial charge >= 0.3 is 0 Å². The highest BCUT2D eigenvalue weighted by molar-refractivity contribution is 6.02. The Labute approximate surface area is 177 Å². The van der Waals surface area contributed by atoms with Crippen molar-refractivity contribution in [2.45, 2.75) is 13.0 Å². The van der Waals surface area contributed by atoms with E-state index >= 15 is 0 Å². The highest BCUT2D eigenvalue weighted by Crippen LogP contribution is 2.29. The van der Waals surface area contributed by atoms with E-state index in [0.717, 1.165) is 27.7 Å². The molecule has 3 heterocycles. The smallest absolute Gasteiger partial charge is 0.289 e. The van der Waals surface area contributed by atoms with Gasteiger partial charge in [0.05, 0.1) is 35.4 Å². The van der Waals surface area contributed by atoms with Crippen LogP contribution in [0.5, 0.6) is 5.88 Å². The zero-order valence-corrected chi connectivity index (χ0v) is 17.0. The molecule has 1 unspecified atom stereocenters. The Hall–Kier alpha value is -4.20. The van der Waals surface area contributed by atoms with Crippen LogP contribution in [0.3, 0.4) is 0 Å². The van der Waals surface area contributed by atoms with Crippen molar-refractivity contribution in [3.05, 3.63) is 72.2 Å². The minimum absolute atomic E-state index is 0.145. The highest BCUT2D eigenvalue weighted by atomic mass is 16.5. The first-order valence-corrected chi connectivity index (χ1v) is 9.86. The third-order valence-corrected chi connectivity index (χ3v) is 5.24. The van der Waals surface area contributed by atoms with Gasteiger partial charge in [0.15, 0.2) is 0 Å². The number of methoxy groups -OCH3 is 1. The van der Waals surface area contributed by atoms with E-state index in [1.54, 1.807) is 19.4 Å². The topological polar surface area (TPSA) is 109 Å². The van der Waals surface area contributed by atoms with Gasteiger partial charge in [-0.2, -0.15) is 0 Å². The van der Waals surface area contributed by atoms with Crippen molar-refractivity contribution in [3.8, 4) is 17.1 Å². The summed E-state index contributed by atoms with van der Waals surface area (Å²) in [7, 11) is 1.58. The molecule has 0 saturated carbocycles. The van der Waals surface area contributed by atoms with Gasteiger partial charge in [-0.25, -0.2) is 15.0 Å². The van der Waals surface area contributed by atoms with Crippen molar-refractivity contribution in [2.75, 3.05) is 7.11 Å². The highest BCUT2D eigenvalue weighted by Gasteiger charge is 2.18. The molecule has 0 fully saturated rings. The third-order valence-electron chi connectivity index (χ3n) is 5.24. The molecule has 0 aliphatic heterocycles. The van der Waals surface area contributed by atoms with E-state index in [2.05, 4.69) is 30.5 Å². The first kappa shape index (κ1) is 18.8. The number of hydrogen-bond donors (Lipinski definition) is 3. The zero-order valence-electron chi connectivity index (χ0n) is 17.0. The summed E-state index contributed by atoms with van der Waals surface area (Å²) in [5.74, 6) is 0.401. The molecular weight excluding hydrogens is 392 g/mol. The molecule has 5 rings (SSSR count). The molecule has 0 spiro atoms. The van der Waals surface area contributed by atoms with Crippen LogP contribution in [0.2, 0.25) is 0 Å². The summed E-state index contributed by atoms with van der Waals surface area (Å²) in [6.07, 6.45) is 1.74. The van der Waals surface area contributed by atoms with Gasteiger partial charge in [-0.05, 0) is 30.7 Å². The van der Waals surface area contributed by atoms with Crippen molar-refractivity contribution < 1.29 is 9.53 Å². The lowest BCUT2D eigenvalue weighted by atomic mass is 10.1. The van der Waals surface area contributed by atoms with Gasteiger partial charge in [0, 0.05) is 23.2 Å². The monoisotopic (exact) mass is 412 g/mol. The lowest BCUT2D eigenvalue weighted by Crippen LogP contribution is -2.27. The molecule has 2 aromatic carbocycles. The normalized spacial score (nSPS) is 12.2. The predicted octanol–water partition coefficient (Wildman–Crippen LogP) is 4.00. The van der Waals surface area contributed by atoms with Gasteiger partial charge in [0.1, 0.15) is 0 Å². The van der Waals surface area contributed by atoms with Crippen LogP contribution in [0.25, 0.3) is 33.2 Å². The Morgan fingerprint density at radius 3 is 2.52 bits per heavy atom. The lowest BCUT2D eigenvalue weighted by molar-refractivity contribution is 0.0930. The van der Waals surface area contributed by atoms with Crippen LogP contribution in [-0.4, -0.2) is 38.2 Å². The van der Waals surface area contributed by atoms with E-state index in [4.69, 9.17) is 4.74 Å². The van der Waals surface area contributed by atoms with Crippen molar-refractivity contribution in [3.63, 3.8) is 0 Å². The number of hydrogen-bond acceptors (Lipinski definition) is 5. The van der Waals surface area contributed by atoms with E-state index in [0.29, 0.717) is 16.9 Å². The number of pyridine rings is 1. The van der Waals surface area contributed by atoms with E-state index in [9.17, 15) is 4.79 Å². The van der Waals surface area contributed by atoms with Crippen LogP contribution in [0, 0.1) is 0 Å². The average Bonchev–Trinajstić information content (AvgIpc) is 3.41. The molecule has 0 bridgehead atoms. The second kappa shape index (κ2) is 7.56. The van der Waals surface area contributed by atoms with Crippen molar-refractivity contribution in [1.82, 2.24) is 30.5 Å². The molecule has 0 radical (unpaired) electrons. The first-order valence-electron chi connectivity index (χ1n) is 9.86. The van der Waals surface area contributed by atoms with Gasteiger partial charge in [-0.15, -0.1) is 0 Å². The number of carbonyl (C=O) groups excluding carboxylic acids is 1. The number of benzene rings is 2. The standard InChI is InChI=1S/C23H20N6O2/c1-13(14-6-4-3-5-7-14)25-23(30)22-26-18-10-16-17(11-19(18)27-22)28-29-21(16)15-8-9-20(31-2)24-12-15/h3-13,28-29H,1-2H3,(H,25,30). The van der Waals surface area contributed by atoms with Crippen molar-refractivity contribution in [2.24, 2.45) is 0 Å². The molecule has 31 heavy (non-hydrogen) atoms. The Balaban J connectivity index is 1.46. The average molecular weight is 412 g/mol. The molecule has 8 nitrogen and oxygen atoms in total. The summed E-state index contributed by atoms with van der Waals surface area (Å²) in [5.41, 5.74) is 4.97. The maximum absolute atomic E-state index is 12.7. The fraction of sp³-hybridized carbons (Fsp3) is 0.130. The molecular formula is C23H20N6O2. The second-order valence-electron chi connectivity index (χ2n) is 7.25. The summed E-state index contributed by atoms with van der Waals surface area (Å²) in [6.45, 7) is 1.93. The molecule has 1 atom stereocenters. The summed E-state index contributed by atoms with van der Waals surface area (Å²) in [6, 6.07) is 17.2. The van der Waals surface area contributed by atoms with Crippen LogP contribution in [0.1, 0.15) is 29.1 Å². The molecule has 0 aliphatic carbocycles. The van der Waals surface area contributed by atoms with Crippen LogP contribution < -0.4 is 10.1 Å². The van der Waals surface area contributed by atoms with Crippen molar-refractivity contribution in [1.29, 1.82) is 0 Å². The number of nitrogens with zero attached hydrogens (tertiary/aromatic N) is 3. The molecule has 3 N–H and O–H groups in total. The van der Waals surface area contributed by atoms with Gasteiger partial charge in [-0.1, -0.05) is 30.3 Å². The third kappa shape index (κ3) is 3.48. The largest absolute Gasteiger partial charge is 0.481 e. The zero-order chi connectivity index (χ0) is 21.4. The fourth-order valence-electron chi connectivity index (χ4n) is 3.58. The van der Waals surface area contributed by atoms with Crippen LogP contribution in [-0.2, 0) is 0 Å². The Bertz CT molecular complexity index is 1370. The van der Waals surface area contributed by atoms with Gasteiger partial charge in [0.25, 0.3) is 5.91 Å². The maximum atomic E-state index is 12.7. The molecule has 1 amide bonds. The molecule has 0 aliphatic rings. The number of aromatic nitrogens is 5. The van der Waals surface area contributed by atoms with E-state index in [-0.39, 0.29) is 17.8 Å². The first-order chi connectivity index (χ1) is 15.1. The summed E-state index contributed by atoms with van der Waals surface area (Å²) in [5, 5.41) is 10.2. The SMILES string of the molecule is COc1ccc(-c2[nH][nH]c3cc4nc(C(=O)NC(C)c5ccccc5)nc4cc23)cn1. The van der Waals surface area contributed by atoms with Crippen LogP contribution in [0.15, 0.2) is 60.8 Å². The number of ether oxygens (including phenoxy) is 1. The quantitative estimate of drug-likeness (QED) is 0.404. The lowest BCUT2D eigenvalue weighted by Gasteiger charge is -2.12. The Morgan fingerprint density at radius 1 is 1.03 bits per heavy atom. The molecule has 3 aromatic heterocycles. The summed E-state index contributed by atoms with van der Waals surface area (Å²) >= 11 is 0. The number of carbonyl (C=O) groups is 1. The maximum Gasteiger partial charge on any atom is 0.289 e. The molecule has 8 heteroatoms. The fourth-order valence-corrected chi connectivity index (χ4v) is 3.58. The van der Waals surface area contributed by atoms with Gasteiger partial charge in [0.2, 0.25) is 11.7 Å². The number of amides is 1. The van der Waals surface area contributed by atoms with Crippen LogP contribution >= 0.6 is 0 Å². The van der Waals surface area contributed by atoms with E-state index < -0.39 is 0 Å². The number of imidazole rings is 1. The van der Waals surface area contributed by atoms with E-state index in [1.807, 2.05) is 55.5 Å². The summed E-state index contributed by atoms with van der Waals surface area (Å²) in [4.78, 5) is 25.9. The minimum atomic E-state index is -0.303. The van der Waals surface area contributed by atoms with Gasteiger partial charge in [-0.3, -0.25) is 9.89 Å². The Kier molecular flexibility index (Phi) is 4.59. The van der Waals surface area contributed by atoms with E-state index in [1.165, 1.54) is 0 Å². The minimum Gasteiger partial charge on any atom is -0.481 e. The molecule has 5 aromatic rings. The number of aromatic amines is 2. The number of fused-ring (bicyclic) bond motifs is 2. The van der Waals surface area contributed by atoms with Gasteiger partial charge < -0.3 is 15.2 Å². The van der Waals surface area contributed by atoms with Crippen molar-refractivity contribution >= 4 is 27.8 Å². The predicted molar refractivity (Wildman–Crippen MR) is 118 cm³/mol. The summed E-state index contributed by atoms with van der Waals surface area (Å²) < 4.78 is 5.13. The number of nitrogens with one attached hydrogen (secondary N) is 3. The van der Waals surface area contributed by atoms with Crippen LogP contribution in [0.4, 0.5) is 0 Å². The molecule has 154 valence electrons. The number of rotatable bonds is 5. The number of H-pyrrole nitrogens is 2.